The van der Waals surface area contributed by atoms with Gasteiger partial charge in [0, 0.05) is 20.1 Å². The van der Waals surface area contributed by atoms with Gasteiger partial charge in [-0.3, -0.25) is 0 Å². The molecule has 249 valence electrons. The van der Waals surface area contributed by atoms with E-state index >= 15 is 0 Å². The van der Waals surface area contributed by atoms with Crippen molar-refractivity contribution >= 4 is 11.8 Å². The summed E-state index contributed by atoms with van der Waals surface area (Å²) < 4.78 is 0. The second-order valence-electron chi connectivity index (χ2n) is 12.6. The van der Waals surface area contributed by atoms with Gasteiger partial charge in [0.15, 0.2) is 0 Å². The molecule has 21 radical (unpaired) electrons. The number of hydrogen-bond donors (Lipinski definition) is 0. The molecular weight excluding hydrogens is 894 g/mol. The molecule has 4 rings (SSSR count). The third kappa shape index (κ3) is 12.4. The molecule has 0 bridgehead atoms. The summed E-state index contributed by atoms with van der Waals surface area (Å²) in [5, 5.41) is 0. The van der Waals surface area contributed by atoms with Gasteiger partial charge in [0.1, 0.15) is 0 Å². The van der Waals surface area contributed by atoms with Crippen LogP contribution in [0.1, 0.15) is 138 Å². The third-order valence-electron chi connectivity index (χ3n) is 11.2. The van der Waals surface area contributed by atoms with Crippen molar-refractivity contribution in [3.05, 3.63) is 118 Å². The predicted molar refractivity (Wildman–Crippen MR) is 190 cm³/mol. The van der Waals surface area contributed by atoms with Gasteiger partial charge in [-0.15, -0.1) is 0 Å². The summed E-state index contributed by atoms with van der Waals surface area (Å²) in [7, 11) is 0. The number of halogens is 2. The first-order chi connectivity index (χ1) is 19.6. The van der Waals surface area contributed by atoms with Gasteiger partial charge in [-0.05, 0) is 118 Å². The molecule has 0 amide bonds. The van der Waals surface area contributed by atoms with E-state index in [9.17, 15) is 0 Å². The third-order valence-corrected chi connectivity index (χ3v) is 11.2. The van der Waals surface area contributed by atoms with Crippen molar-refractivity contribution in [1.29, 1.82) is 0 Å². The topological polar surface area (TPSA) is 0 Å². The van der Waals surface area contributed by atoms with Gasteiger partial charge in [-0.2, -0.15) is 0 Å². The fraction of sp³-hybridized carbons (Fsp3) is 0.500. The van der Waals surface area contributed by atoms with E-state index in [2.05, 4.69) is 138 Å². The van der Waals surface area contributed by atoms with Crippen LogP contribution in [0.5, 0.6) is 0 Å². The summed E-state index contributed by atoms with van der Waals surface area (Å²) in [5.41, 5.74) is 0. The smallest absolute Gasteiger partial charge is 0 e. The molecule has 0 aromatic heterocycles. The van der Waals surface area contributed by atoms with Crippen LogP contribution in [0.15, 0.2) is 0 Å². The Kier molecular flexibility index (Phi) is 24.8. The number of rotatable bonds is 0. The summed E-state index contributed by atoms with van der Waals surface area (Å²) in [5.74, 6) is 39.2. The Morgan fingerprint density at radius 1 is 0.205 bits per heavy atom. The van der Waals surface area contributed by atoms with E-state index in [1.165, 1.54) is 118 Å². The summed E-state index contributed by atoms with van der Waals surface area (Å²) >= 11 is -0.806. The Balaban J connectivity index is 0. The first-order valence-electron chi connectivity index (χ1n) is 15.3. The van der Waals surface area contributed by atoms with Crippen LogP contribution in [0.2, 0.25) is 0 Å². The standard InChI is InChI=1S/4C10H15.2ClH.Ir.Sm/c4*1-6-7(2)9(4)10(5)8(6)3;;;;/h4*1-5H3;2*1H;;/q;;;;;;;+2/p-2. The van der Waals surface area contributed by atoms with E-state index in [4.69, 9.17) is 11.8 Å². The van der Waals surface area contributed by atoms with Crippen molar-refractivity contribution in [2.75, 3.05) is 0 Å². The van der Waals surface area contributed by atoms with E-state index in [1.807, 2.05) is 0 Å². The van der Waals surface area contributed by atoms with Crippen LogP contribution in [0.4, 0.5) is 0 Å². The fourth-order valence-corrected chi connectivity index (χ4v) is 5.62. The van der Waals surface area contributed by atoms with Crippen LogP contribution < -0.4 is 0 Å². The van der Waals surface area contributed by atoms with E-state index in [0.717, 1.165) is 0 Å². The zero-order chi connectivity index (χ0) is 34.3. The molecular formula is C40H60Cl2IrSm. The molecule has 4 fully saturated rings. The Labute approximate surface area is 318 Å². The van der Waals surface area contributed by atoms with Crippen molar-refractivity contribution in [2.24, 2.45) is 0 Å². The molecule has 4 heteroatoms. The quantitative estimate of drug-likeness (QED) is 0.227. The summed E-state index contributed by atoms with van der Waals surface area (Å²) in [6.07, 6.45) is 0. The van der Waals surface area contributed by atoms with Gasteiger partial charge >= 0.3 is 44.9 Å². The zero-order valence-corrected chi connectivity index (χ0v) is 38.0. The minimum absolute atomic E-state index is 0. The predicted octanol–water partition coefficient (Wildman–Crippen LogP) is 13.3. The first-order valence-corrected chi connectivity index (χ1v) is 21.9. The van der Waals surface area contributed by atoms with Crippen molar-refractivity contribution in [3.8, 4) is 0 Å². The molecule has 0 aliphatic heterocycles. The van der Waals surface area contributed by atoms with Gasteiger partial charge in [-0.1, -0.05) is 138 Å². The van der Waals surface area contributed by atoms with Gasteiger partial charge < -0.3 is 0 Å². The van der Waals surface area contributed by atoms with Crippen molar-refractivity contribution in [1.82, 2.24) is 0 Å². The van der Waals surface area contributed by atoms with Crippen molar-refractivity contribution in [3.63, 3.8) is 0 Å². The van der Waals surface area contributed by atoms with E-state index in [0.29, 0.717) is 0 Å². The van der Waals surface area contributed by atoms with Gasteiger partial charge in [-0.25, -0.2) is 0 Å². The molecule has 0 spiro atoms. The second kappa shape index (κ2) is 22.4. The maximum atomic E-state index is 4.93. The van der Waals surface area contributed by atoms with Crippen LogP contribution in [-0.4, -0.2) is 0 Å². The van der Waals surface area contributed by atoms with Crippen molar-refractivity contribution in [2.45, 2.75) is 138 Å². The average Bonchev–Trinajstić information content (AvgIpc) is 3.42. The van der Waals surface area contributed by atoms with Gasteiger partial charge in [0.05, 0.1) is 0 Å². The zero-order valence-electron chi connectivity index (χ0n) is 31.5. The maximum absolute atomic E-state index is 4.93. The molecule has 0 heterocycles. The summed E-state index contributed by atoms with van der Waals surface area (Å²) in [6.45, 7) is 44.0. The minimum Gasteiger partial charge on any atom is 0 e. The summed E-state index contributed by atoms with van der Waals surface area (Å²) in [4.78, 5) is 0. The van der Waals surface area contributed by atoms with Gasteiger partial charge in [0.25, 0.3) is 0 Å². The largest absolute Gasteiger partial charge is 0 e. The molecule has 0 unspecified atom stereocenters. The fourth-order valence-electron chi connectivity index (χ4n) is 5.62. The van der Waals surface area contributed by atoms with Crippen LogP contribution in [0, 0.1) is 152 Å². The monoisotopic (exact) mass is 955 g/mol. The minimum atomic E-state index is -0.806. The van der Waals surface area contributed by atoms with Crippen LogP contribution in [0.3, 0.4) is 0 Å². The molecule has 4 aliphatic carbocycles. The van der Waals surface area contributed by atoms with E-state index in [1.54, 1.807) is 0 Å². The molecule has 0 saturated heterocycles. The molecule has 0 nitrogen and oxygen atoms in total. The SMILES string of the molecule is C[C]1[C](C)[C](C)[C](C)[C]1C.C[C]1[C](C)[C](C)[C](C)[C]1C.C[C]1[C](C)[C](C)[C](C)[C]1C.C[C]1[C](C)[C](C)[C](C)[C]1C.[Cl][Sm][Cl].[Ir]. The van der Waals surface area contributed by atoms with Crippen LogP contribution >= 0.6 is 11.8 Å². The Hall–Kier alpha value is 2.57. The van der Waals surface area contributed by atoms with E-state index < -0.39 is 33.2 Å². The van der Waals surface area contributed by atoms with Crippen LogP contribution in [-0.2, 0) is 20.1 Å². The molecule has 44 heavy (non-hydrogen) atoms. The molecule has 4 saturated carbocycles. The van der Waals surface area contributed by atoms with Crippen LogP contribution in [0.25, 0.3) is 0 Å². The molecule has 4 aliphatic rings. The van der Waals surface area contributed by atoms with Gasteiger partial charge in [0.2, 0.25) is 0 Å². The molecule has 0 aromatic carbocycles. The molecule has 0 N–H and O–H groups in total. The average molecular weight is 954 g/mol. The maximum Gasteiger partial charge on any atom is 0 e. The molecule has 0 atom stereocenters. The first kappa shape index (κ1) is 48.7. The Morgan fingerprint density at radius 2 is 0.227 bits per heavy atom. The van der Waals surface area contributed by atoms with E-state index in [-0.39, 0.29) is 20.1 Å². The Bertz CT molecular complexity index is 450. The Morgan fingerprint density at radius 3 is 0.250 bits per heavy atom. The normalized spacial score (nSPS) is 26.3. The van der Waals surface area contributed by atoms with Crippen molar-refractivity contribution < 1.29 is 53.3 Å². The molecule has 0 aromatic rings. The second-order valence-corrected chi connectivity index (χ2v) is 16.4. The summed E-state index contributed by atoms with van der Waals surface area (Å²) in [6, 6.07) is 0. The number of hydrogen-bond acceptors (Lipinski definition) is 0.